The molecule has 0 fully saturated rings. The van der Waals surface area contributed by atoms with Crippen molar-refractivity contribution in [1.82, 2.24) is 15.8 Å². The predicted octanol–water partition coefficient (Wildman–Crippen LogP) is 7.82. The highest BCUT2D eigenvalue weighted by atomic mass is 19.4. The Balaban J connectivity index is 0.00000287. The smallest absolute Gasteiger partial charge is 0.370 e. The molecule has 0 bridgehead atoms. The van der Waals surface area contributed by atoms with Gasteiger partial charge in [0.2, 0.25) is 6.43 Å². The molecule has 230 valence electrons. The van der Waals surface area contributed by atoms with Crippen LogP contribution < -0.4 is 15.8 Å². The molecular weight excluding hydrogens is 537 g/mol. The maximum Gasteiger partial charge on any atom is 0.407 e. The van der Waals surface area contributed by atoms with E-state index in [9.17, 15) is 27.2 Å². The lowest BCUT2D eigenvalue weighted by molar-refractivity contribution is -0.188. The molecule has 4 unspecified atom stereocenters. The molecule has 2 aliphatic heterocycles. The SMILES string of the molecule is CC.CCCCC(CC)N1c2cc(CC(F)F)ccc2C(C#N)C1C1C=CCC(NNC(C)(C)C(F)(F)F)=CN1C. The van der Waals surface area contributed by atoms with Gasteiger partial charge in [0.05, 0.1) is 24.1 Å². The number of likely N-dealkylation sites (N-methyl/N-ethyl adjacent to an activating group) is 1. The number of alkyl halides is 5. The molecule has 1 aromatic carbocycles. The van der Waals surface area contributed by atoms with E-state index in [1.807, 2.05) is 50.1 Å². The van der Waals surface area contributed by atoms with Gasteiger partial charge in [0.15, 0.2) is 0 Å². The number of benzene rings is 1. The third-order valence-electron chi connectivity index (χ3n) is 7.75. The molecule has 10 heteroatoms. The molecule has 2 heterocycles. The highest BCUT2D eigenvalue weighted by Gasteiger charge is 2.48. The molecule has 5 nitrogen and oxygen atoms in total. The van der Waals surface area contributed by atoms with Crippen LogP contribution in [0, 0.1) is 11.3 Å². The van der Waals surface area contributed by atoms with Gasteiger partial charge in [-0.3, -0.25) is 0 Å². The minimum atomic E-state index is -4.44. The normalized spacial score (nSPS) is 21.5. The van der Waals surface area contributed by atoms with Crippen molar-refractivity contribution in [2.75, 3.05) is 11.9 Å². The molecule has 2 aliphatic rings. The van der Waals surface area contributed by atoms with Crippen molar-refractivity contribution < 1.29 is 22.0 Å². The van der Waals surface area contributed by atoms with Crippen LogP contribution in [0.2, 0.25) is 0 Å². The van der Waals surface area contributed by atoms with E-state index in [0.717, 1.165) is 50.8 Å². The third-order valence-corrected chi connectivity index (χ3v) is 7.75. The van der Waals surface area contributed by atoms with Crippen LogP contribution in [-0.4, -0.2) is 48.2 Å². The molecule has 1 aromatic rings. The summed E-state index contributed by atoms with van der Waals surface area (Å²) in [5.41, 5.74) is 5.74. The summed E-state index contributed by atoms with van der Waals surface area (Å²) >= 11 is 0. The standard InChI is InChI=1S/C29H40F5N5.C2H6/c1-6-8-11-21(7-2)39-25-15-19(16-26(30)31)13-14-22(25)23(17-35)27(39)24-12-9-10-20(18-38(24)5)36-37-28(3,4)29(32,33)34;1-2/h9,12-15,18,21,23-24,26-27,36-37H,6-8,10-11,16H2,1-5H3;1-2H3. The number of nitrogens with one attached hydrogen (secondary N) is 2. The van der Waals surface area contributed by atoms with Crippen LogP contribution in [0.5, 0.6) is 0 Å². The first-order valence-electron chi connectivity index (χ1n) is 14.6. The minimum absolute atomic E-state index is 0.106. The number of nitrogens with zero attached hydrogens (tertiary/aromatic N) is 3. The Labute approximate surface area is 242 Å². The number of hydrogen-bond donors (Lipinski definition) is 2. The molecule has 0 aliphatic carbocycles. The summed E-state index contributed by atoms with van der Waals surface area (Å²) < 4.78 is 66.5. The Morgan fingerprint density at radius 3 is 2.39 bits per heavy atom. The maximum absolute atomic E-state index is 13.3. The van der Waals surface area contributed by atoms with Gasteiger partial charge in [0.1, 0.15) is 5.54 Å². The van der Waals surface area contributed by atoms with Gasteiger partial charge in [0, 0.05) is 43.5 Å². The first kappa shape index (κ1) is 34.4. The van der Waals surface area contributed by atoms with Gasteiger partial charge >= 0.3 is 6.18 Å². The van der Waals surface area contributed by atoms with Crippen LogP contribution in [0.1, 0.15) is 90.7 Å². The number of fused-ring (bicyclic) bond motifs is 1. The quantitative estimate of drug-likeness (QED) is 0.158. The lowest BCUT2D eigenvalue weighted by atomic mass is 9.89. The number of rotatable bonds is 11. The van der Waals surface area contributed by atoms with E-state index < -0.39 is 24.1 Å². The lowest BCUT2D eigenvalue weighted by Crippen LogP contribution is -2.57. The first-order chi connectivity index (χ1) is 19.3. The van der Waals surface area contributed by atoms with Crippen molar-refractivity contribution in [2.24, 2.45) is 0 Å². The lowest BCUT2D eigenvalue weighted by Gasteiger charge is -2.42. The highest BCUT2D eigenvalue weighted by Crippen LogP contribution is 2.46. The summed E-state index contributed by atoms with van der Waals surface area (Å²) in [5.74, 6) is -0.501. The molecule has 41 heavy (non-hydrogen) atoms. The number of hydrazine groups is 1. The number of allylic oxidation sites excluding steroid dienone is 1. The Morgan fingerprint density at radius 2 is 1.83 bits per heavy atom. The zero-order chi connectivity index (χ0) is 31.0. The Bertz CT molecular complexity index is 1080. The second kappa shape index (κ2) is 14.9. The fourth-order valence-corrected chi connectivity index (χ4v) is 5.41. The van der Waals surface area contributed by atoms with Crippen LogP contribution in [-0.2, 0) is 6.42 Å². The minimum Gasteiger partial charge on any atom is -0.370 e. The molecule has 4 atom stereocenters. The van der Waals surface area contributed by atoms with E-state index in [0.29, 0.717) is 17.7 Å². The van der Waals surface area contributed by atoms with Crippen LogP contribution in [0.3, 0.4) is 0 Å². The zero-order valence-electron chi connectivity index (χ0n) is 25.3. The molecular formula is C31H46F5N5. The van der Waals surface area contributed by atoms with Crippen molar-refractivity contribution in [3.8, 4) is 6.07 Å². The number of anilines is 1. The third kappa shape index (κ3) is 8.15. The summed E-state index contributed by atoms with van der Waals surface area (Å²) in [4.78, 5) is 4.19. The molecule has 2 N–H and O–H groups in total. The van der Waals surface area contributed by atoms with Gasteiger partial charge in [-0.1, -0.05) is 64.8 Å². The number of halogens is 5. The van der Waals surface area contributed by atoms with E-state index in [2.05, 4.69) is 35.7 Å². The van der Waals surface area contributed by atoms with Crippen molar-refractivity contribution in [1.29, 1.82) is 5.26 Å². The van der Waals surface area contributed by atoms with Crippen LogP contribution in [0.4, 0.5) is 27.6 Å². The fourth-order valence-electron chi connectivity index (χ4n) is 5.41. The zero-order valence-corrected chi connectivity index (χ0v) is 25.3. The average Bonchev–Trinajstić information content (AvgIpc) is 3.10. The van der Waals surface area contributed by atoms with Gasteiger partial charge < -0.3 is 15.2 Å². The summed E-state index contributed by atoms with van der Waals surface area (Å²) in [6.45, 7) is 10.3. The van der Waals surface area contributed by atoms with Gasteiger partial charge in [-0.05, 0) is 43.9 Å². The molecule has 0 saturated carbocycles. The van der Waals surface area contributed by atoms with Gasteiger partial charge in [0.25, 0.3) is 0 Å². The van der Waals surface area contributed by atoms with Crippen molar-refractivity contribution in [3.05, 3.63) is 53.4 Å². The summed E-state index contributed by atoms with van der Waals surface area (Å²) in [6, 6.07) is 7.33. The van der Waals surface area contributed by atoms with E-state index >= 15 is 0 Å². The first-order valence-corrected chi connectivity index (χ1v) is 14.6. The Hall–Kier alpha value is -2.80. The summed E-state index contributed by atoms with van der Waals surface area (Å²) in [6.07, 6.45) is 2.53. The fraction of sp³-hybridized carbons (Fsp3) is 0.645. The van der Waals surface area contributed by atoms with Gasteiger partial charge in [-0.15, -0.1) is 0 Å². The van der Waals surface area contributed by atoms with Crippen molar-refractivity contribution in [3.63, 3.8) is 0 Å². The number of nitriles is 1. The summed E-state index contributed by atoms with van der Waals surface area (Å²) in [5, 5.41) is 10.4. The number of hydrogen-bond acceptors (Lipinski definition) is 5. The van der Waals surface area contributed by atoms with Crippen molar-refractivity contribution >= 4 is 5.69 Å². The van der Waals surface area contributed by atoms with Crippen LogP contribution in [0.15, 0.2) is 42.2 Å². The van der Waals surface area contributed by atoms with Gasteiger partial charge in [-0.2, -0.15) is 18.4 Å². The monoisotopic (exact) mass is 583 g/mol. The van der Waals surface area contributed by atoms with Crippen LogP contribution >= 0.6 is 0 Å². The second-order valence-corrected chi connectivity index (χ2v) is 11.0. The van der Waals surface area contributed by atoms with Crippen LogP contribution in [0.25, 0.3) is 0 Å². The number of unbranched alkanes of at least 4 members (excludes halogenated alkanes) is 1. The second-order valence-electron chi connectivity index (χ2n) is 11.0. The van der Waals surface area contributed by atoms with Crippen molar-refractivity contribution in [2.45, 2.75) is 122 Å². The molecule has 0 aromatic heterocycles. The Kier molecular flexibility index (Phi) is 12.5. The maximum atomic E-state index is 13.3. The van der Waals surface area contributed by atoms with E-state index in [4.69, 9.17) is 0 Å². The molecule has 0 spiro atoms. The van der Waals surface area contributed by atoms with E-state index in [-0.39, 0.29) is 24.5 Å². The predicted molar refractivity (Wildman–Crippen MR) is 156 cm³/mol. The van der Waals surface area contributed by atoms with E-state index in [1.54, 1.807) is 12.3 Å². The topological polar surface area (TPSA) is 54.3 Å². The van der Waals surface area contributed by atoms with E-state index in [1.165, 1.54) is 0 Å². The Morgan fingerprint density at radius 1 is 1.15 bits per heavy atom. The highest BCUT2D eigenvalue weighted by molar-refractivity contribution is 5.66. The largest absolute Gasteiger partial charge is 0.407 e. The molecule has 0 radical (unpaired) electrons. The molecule has 0 saturated heterocycles. The molecule has 0 amide bonds. The molecule has 3 rings (SSSR count). The van der Waals surface area contributed by atoms with Gasteiger partial charge in [-0.25, -0.2) is 14.2 Å². The average molecular weight is 584 g/mol. The summed E-state index contributed by atoms with van der Waals surface area (Å²) in [7, 11) is 1.85.